The molecule has 1 amide bonds. The average molecular weight is 302 g/mol. The van der Waals surface area contributed by atoms with Gasteiger partial charge >= 0.3 is 0 Å². The molecule has 1 N–H and O–H groups in total. The molecule has 2 saturated heterocycles. The van der Waals surface area contributed by atoms with Crippen LogP contribution in [0.1, 0.15) is 42.5 Å². The van der Waals surface area contributed by atoms with Crippen LogP contribution in [0.25, 0.3) is 0 Å². The molecule has 0 spiro atoms. The van der Waals surface area contributed by atoms with E-state index in [-0.39, 0.29) is 5.91 Å². The molecule has 2 fully saturated rings. The molecule has 2 aliphatic heterocycles. The molecule has 1 atom stereocenters. The molecule has 2 aliphatic rings. The number of rotatable bonds is 4. The fourth-order valence-corrected chi connectivity index (χ4v) is 3.31. The first-order valence-corrected chi connectivity index (χ1v) is 8.56. The molecule has 1 aromatic carbocycles. The van der Waals surface area contributed by atoms with Gasteiger partial charge in [0.15, 0.2) is 0 Å². The third-order valence-electron chi connectivity index (χ3n) is 4.63. The molecule has 0 unspecified atom stereocenters. The zero-order chi connectivity index (χ0) is 15.2. The third-order valence-corrected chi connectivity index (χ3v) is 4.63. The van der Waals surface area contributed by atoms with Crippen molar-refractivity contribution in [3.63, 3.8) is 0 Å². The summed E-state index contributed by atoms with van der Waals surface area (Å²) in [6, 6.07) is 7.69. The quantitative estimate of drug-likeness (QED) is 0.930. The molecule has 2 heterocycles. The average Bonchev–Trinajstić information content (AvgIpc) is 2.61. The molecule has 0 bridgehead atoms. The number of likely N-dealkylation sites (tertiary alicyclic amines) is 1. The third kappa shape index (κ3) is 3.80. The monoisotopic (exact) mass is 302 g/mol. The highest BCUT2D eigenvalue weighted by atomic mass is 16.5. The maximum atomic E-state index is 12.7. The van der Waals surface area contributed by atoms with Crippen LogP contribution in [-0.4, -0.2) is 43.6 Å². The number of amides is 1. The van der Waals surface area contributed by atoms with Crippen molar-refractivity contribution in [3.05, 3.63) is 29.8 Å². The lowest BCUT2D eigenvalue weighted by Gasteiger charge is -2.28. The van der Waals surface area contributed by atoms with Crippen molar-refractivity contribution in [2.24, 2.45) is 5.92 Å². The molecule has 22 heavy (non-hydrogen) atoms. The number of hydrogen-bond acceptors (Lipinski definition) is 3. The number of piperidine rings is 2. The van der Waals surface area contributed by atoms with Crippen molar-refractivity contribution in [2.75, 3.05) is 32.8 Å². The van der Waals surface area contributed by atoms with Gasteiger partial charge in [0.05, 0.1) is 12.2 Å². The lowest BCUT2D eigenvalue weighted by Crippen LogP contribution is -2.36. The van der Waals surface area contributed by atoms with Crippen LogP contribution >= 0.6 is 0 Å². The van der Waals surface area contributed by atoms with E-state index >= 15 is 0 Å². The number of nitrogens with one attached hydrogen (secondary N) is 1. The fourth-order valence-electron chi connectivity index (χ4n) is 3.31. The molecular weight excluding hydrogens is 276 g/mol. The van der Waals surface area contributed by atoms with Crippen LogP contribution in [0.5, 0.6) is 5.75 Å². The van der Waals surface area contributed by atoms with Gasteiger partial charge in [0, 0.05) is 25.6 Å². The van der Waals surface area contributed by atoms with Gasteiger partial charge in [-0.3, -0.25) is 4.79 Å². The Morgan fingerprint density at radius 2 is 2.00 bits per heavy atom. The highest BCUT2D eigenvalue weighted by molar-refractivity contribution is 5.97. The lowest BCUT2D eigenvalue weighted by molar-refractivity contribution is 0.0718. The van der Waals surface area contributed by atoms with Gasteiger partial charge in [-0.15, -0.1) is 0 Å². The number of nitrogens with zero attached hydrogens (tertiary/aromatic N) is 1. The van der Waals surface area contributed by atoms with Crippen LogP contribution in [0.15, 0.2) is 24.3 Å². The van der Waals surface area contributed by atoms with Crippen molar-refractivity contribution in [3.8, 4) is 5.75 Å². The van der Waals surface area contributed by atoms with Gasteiger partial charge in [0.1, 0.15) is 5.75 Å². The molecule has 4 nitrogen and oxygen atoms in total. The summed E-state index contributed by atoms with van der Waals surface area (Å²) in [7, 11) is 0. The second-order valence-corrected chi connectivity index (χ2v) is 6.37. The maximum Gasteiger partial charge on any atom is 0.257 e. The molecule has 0 radical (unpaired) electrons. The number of carbonyl (C=O) groups excluding carboxylic acids is 1. The minimum atomic E-state index is 0.122. The highest BCUT2D eigenvalue weighted by Crippen LogP contribution is 2.23. The topological polar surface area (TPSA) is 41.6 Å². The summed E-state index contributed by atoms with van der Waals surface area (Å²) in [5.74, 6) is 1.41. The van der Waals surface area contributed by atoms with Crippen LogP contribution in [0.4, 0.5) is 0 Å². The zero-order valence-electron chi connectivity index (χ0n) is 13.2. The normalized spacial score (nSPS) is 22.4. The summed E-state index contributed by atoms with van der Waals surface area (Å²) in [5, 5.41) is 3.41. The minimum absolute atomic E-state index is 0.122. The molecule has 0 saturated carbocycles. The number of benzene rings is 1. The first-order valence-electron chi connectivity index (χ1n) is 8.56. The summed E-state index contributed by atoms with van der Waals surface area (Å²) in [4.78, 5) is 14.7. The predicted octanol–water partition coefficient (Wildman–Crippen LogP) is 2.69. The van der Waals surface area contributed by atoms with Crippen LogP contribution in [0.2, 0.25) is 0 Å². The van der Waals surface area contributed by atoms with Crippen LogP contribution in [0, 0.1) is 5.92 Å². The van der Waals surface area contributed by atoms with E-state index in [1.165, 1.54) is 19.3 Å². The Morgan fingerprint density at radius 3 is 2.77 bits per heavy atom. The van der Waals surface area contributed by atoms with Crippen LogP contribution in [-0.2, 0) is 0 Å². The molecule has 1 aromatic rings. The van der Waals surface area contributed by atoms with Crippen LogP contribution in [0.3, 0.4) is 0 Å². The first kappa shape index (κ1) is 15.3. The van der Waals surface area contributed by atoms with Crippen molar-refractivity contribution in [2.45, 2.75) is 32.1 Å². The van der Waals surface area contributed by atoms with E-state index in [0.29, 0.717) is 18.1 Å². The predicted molar refractivity (Wildman–Crippen MR) is 87.3 cm³/mol. The molecule has 3 rings (SSSR count). The summed E-state index contributed by atoms with van der Waals surface area (Å²) in [5.41, 5.74) is 0.716. The minimum Gasteiger partial charge on any atom is -0.492 e. The van der Waals surface area contributed by atoms with Gasteiger partial charge in [0.25, 0.3) is 5.91 Å². The van der Waals surface area contributed by atoms with Gasteiger partial charge in [-0.2, -0.15) is 0 Å². The van der Waals surface area contributed by atoms with Crippen molar-refractivity contribution in [1.82, 2.24) is 10.2 Å². The van der Waals surface area contributed by atoms with Gasteiger partial charge in [0.2, 0.25) is 0 Å². The molecule has 0 aromatic heterocycles. The summed E-state index contributed by atoms with van der Waals surface area (Å²) in [6.07, 6.45) is 5.87. The second-order valence-electron chi connectivity index (χ2n) is 6.37. The zero-order valence-corrected chi connectivity index (χ0v) is 13.2. The van der Waals surface area contributed by atoms with E-state index in [1.807, 2.05) is 29.2 Å². The molecule has 120 valence electrons. The van der Waals surface area contributed by atoms with Gasteiger partial charge < -0.3 is 15.0 Å². The Morgan fingerprint density at radius 1 is 1.18 bits per heavy atom. The molecule has 4 heteroatoms. The Kier molecular flexibility index (Phi) is 5.33. The lowest BCUT2D eigenvalue weighted by atomic mass is 10.0. The van der Waals surface area contributed by atoms with E-state index in [4.69, 9.17) is 4.74 Å². The number of hydrogen-bond donors (Lipinski definition) is 1. The van der Waals surface area contributed by atoms with Crippen molar-refractivity contribution < 1.29 is 9.53 Å². The Labute approximate surface area is 132 Å². The number of ether oxygens (including phenoxy) is 1. The van der Waals surface area contributed by atoms with E-state index in [0.717, 1.165) is 44.8 Å². The Balaban J connectivity index is 1.64. The summed E-state index contributed by atoms with van der Waals surface area (Å²) in [6.45, 7) is 4.57. The van der Waals surface area contributed by atoms with E-state index in [1.54, 1.807) is 0 Å². The highest BCUT2D eigenvalue weighted by Gasteiger charge is 2.22. The van der Waals surface area contributed by atoms with Crippen molar-refractivity contribution >= 4 is 5.91 Å². The number of para-hydroxylation sites is 1. The Hall–Kier alpha value is -1.55. The number of carbonyl (C=O) groups is 1. The van der Waals surface area contributed by atoms with Crippen LogP contribution < -0.4 is 10.1 Å². The van der Waals surface area contributed by atoms with E-state index < -0.39 is 0 Å². The molecular formula is C18H26N2O2. The SMILES string of the molecule is O=C(c1ccccc1OC[C@H]1CCCNC1)N1CCCCC1. The van der Waals surface area contributed by atoms with Gasteiger partial charge in [-0.25, -0.2) is 0 Å². The smallest absolute Gasteiger partial charge is 0.257 e. The van der Waals surface area contributed by atoms with E-state index in [2.05, 4.69) is 5.32 Å². The van der Waals surface area contributed by atoms with Gasteiger partial charge in [-0.1, -0.05) is 12.1 Å². The maximum absolute atomic E-state index is 12.7. The first-order chi connectivity index (χ1) is 10.8. The van der Waals surface area contributed by atoms with E-state index in [9.17, 15) is 4.79 Å². The summed E-state index contributed by atoms with van der Waals surface area (Å²) >= 11 is 0. The van der Waals surface area contributed by atoms with Gasteiger partial charge in [-0.05, 0) is 50.8 Å². The molecule has 0 aliphatic carbocycles. The Bertz CT molecular complexity index is 492. The second kappa shape index (κ2) is 7.63. The standard InChI is InChI=1S/C18H26N2O2/c21-18(20-11-4-1-5-12-20)16-8-2-3-9-17(16)22-14-15-7-6-10-19-13-15/h2-3,8-9,15,19H,1,4-7,10-14H2/t15-/m0/s1. The largest absolute Gasteiger partial charge is 0.492 e. The van der Waals surface area contributed by atoms with Crippen molar-refractivity contribution in [1.29, 1.82) is 0 Å². The fraction of sp³-hybridized carbons (Fsp3) is 0.611. The summed E-state index contributed by atoms with van der Waals surface area (Å²) < 4.78 is 6.00.